The van der Waals surface area contributed by atoms with Crippen LogP contribution in [0.1, 0.15) is 37.0 Å². The molecule has 0 spiro atoms. The van der Waals surface area contributed by atoms with Crippen molar-refractivity contribution in [1.82, 2.24) is 4.90 Å². The summed E-state index contributed by atoms with van der Waals surface area (Å²) in [5.74, 6) is 0.0695. The Labute approximate surface area is 142 Å². The maximum absolute atomic E-state index is 12.7. The van der Waals surface area contributed by atoms with Gasteiger partial charge in [-0.3, -0.25) is 4.79 Å². The van der Waals surface area contributed by atoms with Crippen molar-refractivity contribution >= 4 is 56.0 Å². The first-order valence-electron chi connectivity index (χ1n) is 6.37. The molecule has 1 aromatic carbocycles. The van der Waals surface area contributed by atoms with Gasteiger partial charge in [0.1, 0.15) is 0 Å². The Morgan fingerprint density at radius 3 is 2.58 bits per heavy atom. The summed E-state index contributed by atoms with van der Waals surface area (Å²) >= 11 is 11.6. The molecule has 0 aliphatic carbocycles. The first kappa shape index (κ1) is 17.2. The average molecular weight is 459 g/mol. The van der Waals surface area contributed by atoms with Crippen molar-refractivity contribution in [2.75, 3.05) is 11.9 Å². The normalized spacial score (nSPS) is 10.8. The fourth-order valence-electron chi connectivity index (χ4n) is 2.09. The standard InChI is InChI=1S/C14H18BrClINO/c1-3-11(4-2)18(8-7-15)14(19)12-9-10(16)5-6-13(12)17/h5-6,9,11H,3-4,7-8H2,1-2H3. The van der Waals surface area contributed by atoms with E-state index in [1.807, 2.05) is 17.0 Å². The number of hydrogen-bond acceptors (Lipinski definition) is 1. The second-order valence-electron chi connectivity index (χ2n) is 4.28. The topological polar surface area (TPSA) is 20.3 Å². The van der Waals surface area contributed by atoms with Crippen LogP contribution in [-0.4, -0.2) is 28.7 Å². The number of amides is 1. The Morgan fingerprint density at radius 2 is 2.05 bits per heavy atom. The summed E-state index contributed by atoms with van der Waals surface area (Å²) in [4.78, 5) is 14.7. The molecule has 1 rings (SSSR count). The van der Waals surface area contributed by atoms with Gasteiger partial charge in [-0.15, -0.1) is 0 Å². The second-order valence-corrected chi connectivity index (χ2v) is 6.67. The van der Waals surface area contributed by atoms with E-state index in [2.05, 4.69) is 52.4 Å². The molecule has 0 unspecified atom stereocenters. The van der Waals surface area contributed by atoms with Gasteiger partial charge in [0.2, 0.25) is 0 Å². The Balaban J connectivity index is 3.08. The maximum Gasteiger partial charge on any atom is 0.255 e. The zero-order valence-corrected chi connectivity index (χ0v) is 15.6. The molecule has 1 aromatic rings. The van der Waals surface area contributed by atoms with Crippen LogP contribution in [0.15, 0.2) is 18.2 Å². The van der Waals surface area contributed by atoms with Gasteiger partial charge in [-0.05, 0) is 53.6 Å². The van der Waals surface area contributed by atoms with Gasteiger partial charge in [0.05, 0.1) is 5.56 Å². The van der Waals surface area contributed by atoms with Gasteiger partial charge in [0.25, 0.3) is 5.91 Å². The quantitative estimate of drug-likeness (QED) is 0.435. The van der Waals surface area contributed by atoms with Crippen LogP contribution in [0.3, 0.4) is 0 Å². The van der Waals surface area contributed by atoms with Crippen molar-refractivity contribution in [2.24, 2.45) is 0 Å². The SMILES string of the molecule is CCC(CC)N(CCBr)C(=O)c1cc(Cl)ccc1I. The van der Waals surface area contributed by atoms with Gasteiger partial charge in [0, 0.05) is 26.5 Å². The van der Waals surface area contributed by atoms with Crippen LogP contribution < -0.4 is 0 Å². The largest absolute Gasteiger partial charge is 0.335 e. The summed E-state index contributed by atoms with van der Waals surface area (Å²) in [6.07, 6.45) is 1.93. The molecule has 0 heterocycles. The van der Waals surface area contributed by atoms with Gasteiger partial charge in [-0.2, -0.15) is 0 Å². The Kier molecular flexibility index (Phi) is 7.69. The molecular weight excluding hydrogens is 440 g/mol. The van der Waals surface area contributed by atoms with E-state index in [-0.39, 0.29) is 11.9 Å². The fourth-order valence-corrected chi connectivity index (χ4v) is 3.21. The Hall–Kier alpha value is 0.190. The molecule has 5 heteroatoms. The van der Waals surface area contributed by atoms with Crippen molar-refractivity contribution in [1.29, 1.82) is 0 Å². The average Bonchev–Trinajstić information content (AvgIpc) is 2.41. The highest BCUT2D eigenvalue weighted by Gasteiger charge is 2.23. The first-order chi connectivity index (χ1) is 9.04. The van der Waals surface area contributed by atoms with Crippen LogP contribution in [-0.2, 0) is 0 Å². The van der Waals surface area contributed by atoms with E-state index in [1.54, 1.807) is 6.07 Å². The number of rotatable bonds is 6. The third-order valence-corrected chi connectivity index (χ3v) is 4.66. The van der Waals surface area contributed by atoms with Crippen LogP contribution in [0.5, 0.6) is 0 Å². The van der Waals surface area contributed by atoms with Crippen LogP contribution in [0, 0.1) is 3.57 Å². The number of carbonyl (C=O) groups excluding carboxylic acids is 1. The summed E-state index contributed by atoms with van der Waals surface area (Å²) in [6, 6.07) is 5.73. The third kappa shape index (κ3) is 4.60. The van der Waals surface area contributed by atoms with E-state index in [1.165, 1.54) is 0 Å². The fraction of sp³-hybridized carbons (Fsp3) is 0.500. The van der Waals surface area contributed by atoms with Gasteiger partial charge in [0.15, 0.2) is 0 Å². The molecule has 0 fully saturated rings. The minimum Gasteiger partial charge on any atom is -0.335 e. The molecular formula is C14H18BrClINO. The molecule has 0 aromatic heterocycles. The molecule has 0 saturated heterocycles. The smallest absolute Gasteiger partial charge is 0.255 e. The van der Waals surface area contributed by atoms with Gasteiger partial charge >= 0.3 is 0 Å². The summed E-state index contributed by atoms with van der Waals surface area (Å²) in [5.41, 5.74) is 0.695. The molecule has 106 valence electrons. The summed E-state index contributed by atoms with van der Waals surface area (Å²) in [5, 5.41) is 1.39. The van der Waals surface area contributed by atoms with E-state index >= 15 is 0 Å². The van der Waals surface area contributed by atoms with Gasteiger partial charge < -0.3 is 4.90 Å². The number of halogens is 3. The van der Waals surface area contributed by atoms with Crippen molar-refractivity contribution < 1.29 is 4.79 Å². The molecule has 2 nitrogen and oxygen atoms in total. The Bertz CT molecular complexity index is 437. The first-order valence-corrected chi connectivity index (χ1v) is 8.94. The van der Waals surface area contributed by atoms with Crippen LogP contribution in [0.25, 0.3) is 0 Å². The lowest BCUT2D eigenvalue weighted by Crippen LogP contribution is -2.41. The molecule has 0 aliphatic rings. The number of hydrogen-bond donors (Lipinski definition) is 0. The molecule has 0 aliphatic heterocycles. The predicted octanol–water partition coefficient (Wildman–Crippen LogP) is 4.97. The highest BCUT2D eigenvalue weighted by atomic mass is 127. The van der Waals surface area contributed by atoms with E-state index in [0.717, 1.165) is 21.7 Å². The summed E-state index contributed by atoms with van der Waals surface area (Å²) in [6.45, 7) is 4.95. The number of alkyl halides is 1. The molecule has 0 atom stereocenters. The minimum atomic E-state index is 0.0695. The zero-order chi connectivity index (χ0) is 14.4. The van der Waals surface area contributed by atoms with E-state index in [4.69, 9.17) is 11.6 Å². The lowest BCUT2D eigenvalue weighted by Gasteiger charge is -2.30. The Morgan fingerprint density at radius 1 is 1.42 bits per heavy atom. The van der Waals surface area contributed by atoms with E-state index < -0.39 is 0 Å². The third-order valence-electron chi connectivity index (χ3n) is 3.13. The summed E-state index contributed by atoms with van der Waals surface area (Å²) in [7, 11) is 0. The second kappa shape index (κ2) is 8.47. The monoisotopic (exact) mass is 457 g/mol. The van der Waals surface area contributed by atoms with E-state index in [9.17, 15) is 4.79 Å². The molecule has 0 radical (unpaired) electrons. The molecule has 19 heavy (non-hydrogen) atoms. The highest BCUT2D eigenvalue weighted by Crippen LogP contribution is 2.22. The highest BCUT2D eigenvalue weighted by molar-refractivity contribution is 14.1. The summed E-state index contributed by atoms with van der Waals surface area (Å²) < 4.78 is 0.942. The van der Waals surface area contributed by atoms with E-state index in [0.29, 0.717) is 17.1 Å². The van der Waals surface area contributed by atoms with Crippen molar-refractivity contribution in [2.45, 2.75) is 32.7 Å². The van der Waals surface area contributed by atoms with Gasteiger partial charge in [-0.1, -0.05) is 41.4 Å². The van der Waals surface area contributed by atoms with Gasteiger partial charge in [-0.25, -0.2) is 0 Å². The number of nitrogens with zero attached hydrogens (tertiary/aromatic N) is 1. The lowest BCUT2D eigenvalue weighted by molar-refractivity contribution is 0.0682. The van der Waals surface area contributed by atoms with Crippen LogP contribution in [0.2, 0.25) is 5.02 Å². The predicted molar refractivity (Wildman–Crippen MR) is 93.4 cm³/mol. The molecule has 1 amide bonds. The van der Waals surface area contributed by atoms with Crippen molar-refractivity contribution in [3.05, 3.63) is 32.4 Å². The molecule has 0 N–H and O–H groups in total. The number of carbonyl (C=O) groups is 1. The maximum atomic E-state index is 12.7. The molecule has 0 bridgehead atoms. The molecule has 0 saturated carbocycles. The van der Waals surface area contributed by atoms with Crippen LogP contribution in [0.4, 0.5) is 0 Å². The van der Waals surface area contributed by atoms with Crippen molar-refractivity contribution in [3.63, 3.8) is 0 Å². The zero-order valence-electron chi connectivity index (χ0n) is 11.1. The number of benzene rings is 1. The lowest BCUT2D eigenvalue weighted by atomic mass is 10.1. The minimum absolute atomic E-state index is 0.0695. The van der Waals surface area contributed by atoms with Crippen LogP contribution >= 0.6 is 50.1 Å². The van der Waals surface area contributed by atoms with Crippen molar-refractivity contribution in [3.8, 4) is 0 Å².